The number of rotatable bonds is 4. The number of benzene rings is 1. The number of hydrogen-bond acceptors (Lipinski definition) is 5. The van der Waals surface area contributed by atoms with Crippen molar-refractivity contribution in [1.29, 1.82) is 0 Å². The van der Waals surface area contributed by atoms with Crippen LogP contribution in [0.3, 0.4) is 0 Å². The van der Waals surface area contributed by atoms with Crippen molar-refractivity contribution in [3.63, 3.8) is 0 Å². The molecule has 0 saturated carbocycles. The molecule has 2 heterocycles. The van der Waals surface area contributed by atoms with Gasteiger partial charge < -0.3 is 15.0 Å². The number of nitrogens with one attached hydrogen (secondary N) is 1. The molecule has 7 heteroatoms. The zero-order valence-electron chi connectivity index (χ0n) is 14.2. The highest BCUT2D eigenvalue weighted by Gasteiger charge is 2.52. The summed E-state index contributed by atoms with van der Waals surface area (Å²) in [5.41, 5.74) is -0.278. The second-order valence-corrected chi connectivity index (χ2v) is 5.79. The number of aromatic nitrogens is 2. The van der Waals surface area contributed by atoms with Gasteiger partial charge in [0.25, 0.3) is 11.8 Å². The van der Waals surface area contributed by atoms with E-state index in [-0.39, 0.29) is 11.8 Å². The highest BCUT2D eigenvalue weighted by Crippen LogP contribution is 2.39. The number of nitrogens with zero attached hydrogens (tertiary/aromatic N) is 3. The van der Waals surface area contributed by atoms with Crippen LogP contribution in [-0.4, -0.2) is 47.4 Å². The number of carbonyl (C=O) groups is 2. The number of hydrogen-bond donors (Lipinski definition) is 1. The Kier molecular flexibility index (Phi) is 4.65. The molecule has 7 nitrogen and oxygen atoms in total. The predicted molar refractivity (Wildman–Crippen MR) is 91.0 cm³/mol. The number of likely N-dealkylation sites (N-methyl/N-ethyl adjacent to an activating group) is 1. The minimum atomic E-state index is -1.17. The maximum absolute atomic E-state index is 13.3. The van der Waals surface area contributed by atoms with Crippen LogP contribution < -0.4 is 10.1 Å². The largest absolute Gasteiger partial charge is 0.496 e. The van der Waals surface area contributed by atoms with Crippen molar-refractivity contribution in [2.45, 2.75) is 18.4 Å². The molecule has 1 saturated heterocycles. The van der Waals surface area contributed by atoms with Crippen LogP contribution in [0.2, 0.25) is 0 Å². The van der Waals surface area contributed by atoms with E-state index in [9.17, 15) is 9.59 Å². The monoisotopic (exact) mass is 340 g/mol. The Labute approximate surface area is 146 Å². The van der Waals surface area contributed by atoms with Crippen molar-refractivity contribution < 1.29 is 14.3 Å². The van der Waals surface area contributed by atoms with Crippen LogP contribution in [0.5, 0.6) is 5.75 Å². The molecule has 1 atom stereocenters. The number of amides is 2. The molecule has 0 spiro atoms. The molecular weight excluding hydrogens is 320 g/mol. The van der Waals surface area contributed by atoms with E-state index < -0.39 is 5.54 Å². The van der Waals surface area contributed by atoms with Crippen LogP contribution in [-0.2, 0) is 10.3 Å². The van der Waals surface area contributed by atoms with Crippen LogP contribution in [0.15, 0.2) is 42.9 Å². The molecule has 0 unspecified atom stereocenters. The Morgan fingerprint density at radius 2 is 2.08 bits per heavy atom. The van der Waals surface area contributed by atoms with Gasteiger partial charge in [-0.25, -0.2) is 0 Å². The molecule has 1 aromatic carbocycles. The Morgan fingerprint density at radius 1 is 1.28 bits per heavy atom. The molecule has 1 N–H and O–H groups in total. The lowest BCUT2D eigenvalue weighted by Crippen LogP contribution is -2.55. The third kappa shape index (κ3) is 2.71. The zero-order chi connectivity index (χ0) is 17.9. The van der Waals surface area contributed by atoms with Gasteiger partial charge in [0.1, 0.15) is 5.75 Å². The van der Waals surface area contributed by atoms with E-state index in [2.05, 4.69) is 15.3 Å². The van der Waals surface area contributed by atoms with Gasteiger partial charge in [0, 0.05) is 26.0 Å². The summed E-state index contributed by atoms with van der Waals surface area (Å²) in [6.45, 7) is 0.459. The highest BCUT2D eigenvalue weighted by molar-refractivity contribution is 6.01. The van der Waals surface area contributed by atoms with Crippen LogP contribution in [0.4, 0.5) is 0 Å². The summed E-state index contributed by atoms with van der Waals surface area (Å²) in [7, 11) is 3.08. The third-order valence-corrected chi connectivity index (χ3v) is 4.55. The number of carbonyl (C=O) groups excluding carboxylic acids is 2. The van der Waals surface area contributed by atoms with E-state index in [0.29, 0.717) is 36.4 Å². The Hall–Kier alpha value is -2.96. The van der Waals surface area contributed by atoms with Gasteiger partial charge in [0.05, 0.1) is 24.6 Å². The van der Waals surface area contributed by atoms with Gasteiger partial charge in [-0.15, -0.1) is 0 Å². The molecule has 25 heavy (non-hydrogen) atoms. The lowest BCUT2D eigenvalue weighted by molar-refractivity contribution is -0.131. The Balaban J connectivity index is 2.10. The minimum absolute atomic E-state index is 0.260. The quantitative estimate of drug-likeness (QED) is 0.908. The fraction of sp³-hybridized carbons (Fsp3) is 0.333. The summed E-state index contributed by atoms with van der Waals surface area (Å²) in [6, 6.07) is 7.00. The first-order valence-corrected chi connectivity index (χ1v) is 8.09. The average Bonchev–Trinajstić information content (AvgIpc) is 3.13. The number of likely N-dealkylation sites (tertiary alicyclic amines) is 1. The number of methoxy groups -OCH3 is 1. The Morgan fingerprint density at radius 3 is 2.76 bits per heavy atom. The van der Waals surface area contributed by atoms with Gasteiger partial charge >= 0.3 is 0 Å². The van der Waals surface area contributed by atoms with Crippen molar-refractivity contribution in [1.82, 2.24) is 20.2 Å². The van der Waals surface area contributed by atoms with E-state index in [1.807, 2.05) is 0 Å². The van der Waals surface area contributed by atoms with Crippen molar-refractivity contribution in [3.05, 3.63) is 54.1 Å². The Bertz CT molecular complexity index is 781. The average molecular weight is 340 g/mol. The summed E-state index contributed by atoms with van der Waals surface area (Å²) in [5.74, 6) is -0.0534. The molecule has 1 aliphatic heterocycles. The zero-order valence-corrected chi connectivity index (χ0v) is 14.2. The lowest BCUT2D eigenvalue weighted by atomic mass is 9.90. The van der Waals surface area contributed by atoms with Gasteiger partial charge in [-0.05, 0) is 25.0 Å². The molecule has 2 amide bonds. The fourth-order valence-corrected chi connectivity index (χ4v) is 3.40. The lowest BCUT2D eigenvalue weighted by Gasteiger charge is -2.36. The molecule has 3 rings (SSSR count). The van der Waals surface area contributed by atoms with Gasteiger partial charge in [0.15, 0.2) is 5.54 Å². The van der Waals surface area contributed by atoms with Crippen molar-refractivity contribution in [2.75, 3.05) is 20.7 Å². The van der Waals surface area contributed by atoms with Crippen molar-refractivity contribution in [3.8, 4) is 5.75 Å². The van der Waals surface area contributed by atoms with Crippen LogP contribution >= 0.6 is 0 Å². The smallest absolute Gasteiger partial charge is 0.258 e. The first-order chi connectivity index (χ1) is 12.1. The maximum Gasteiger partial charge on any atom is 0.258 e. The third-order valence-electron chi connectivity index (χ3n) is 4.55. The molecule has 1 aromatic heterocycles. The van der Waals surface area contributed by atoms with Crippen molar-refractivity contribution in [2.24, 2.45) is 0 Å². The van der Waals surface area contributed by atoms with Crippen LogP contribution in [0.1, 0.15) is 28.9 Å². The maximum atomic E-state index is 13.3. The van der Waals surface area contributed by atoms with Gasteiger partial charge in [-0.3, -0.25) is 19.6 Å². The molecule has 1 aliphatic rings. The highest BCUT2D eigenvalue weighted by atomic mass is 16.5. The van der Waals surface area contributed by atoms with Crippen LogP contribution in [0.25, 0.3) is 0 Å². The minimum Gasteiger partial charge on any atom is -0.496 e. The standard InChI is InChI=1S/C18H20N4O3/c1-19-17(24)18(15-12-20-9-10-21-15)8-5-11-22(18)16(23)13-6-3-4-7-14(13)25-2/h3-4,6-7,9-10,12H,5,8,11H2,1-2H3,(H,19,24)/t18-/m1/s1. The molecule has 2 aromatic rings. The molecule has 1 fully saturated rings. The molecule has 130 valence electrons. The molecular formula is C18H20N4O3. The molecule has 0 bridgehead atoms. The van der Waals surface area contributed by atoms with E-state index in [1.165, 1.54) is 13.3 Å². The fourth-order valence-electron chi connectivity index (χ4n) is 3.40. The summed E-state index contributed by atoms with van der Waals surface area (Å²) in [4.78, 5) is 36.1. The van der Waals surface area contributed by atoms with E-state index in [1.54, 1.807) is 48.6 Å². The summed E-state index contributed by atoms with van der Waals surface area (Å²) < 4.78 is 5.31. The normalized spacial score (nSPS) is 19.5. The first kappa shape index (κ1) is 16.9. The summed E-state index contributed by atoms with van der Waals surface area (Å²) in [6.07, 6.45) is 5.81. The van der Waals surface area contributed by atoms with Gasteiger partial charge in [0.2, 0.25) is 0 Å². The molecule has 0 radical (unpaired) electrons. The second kappa shape index (κ2) is 6.88. The SMILES string of the molecule is CNC(=O)[C@]1(c2cnccn2)CCCN1C(=O)c1ccccc1OC. The molecule has 0 aliphatic carbocycles. The topological polar surface area (TPSA) is 84.4 Å². The van der Waals surface area contributed by atoms with Crippen molar-refractivity contribution >= 4 is 11.8 Å². The van der Waals surface area contributed by atoms with E-state index in [0.717, 1.165) is 0 Å². The van der Waals surface area contributed by atoms with E-state index in [4.69, 9.17) is 4.74 Å². The second-order valence-electron chi connectivity index (χ2n) is 5.79. The predicted octanol–water partition coefficient (Wildman–Crippen LogP) is 1.36. The van der Waals surface area contributed by atoms with Gasteiger partial charge in [-0.1, -0.05) is 12.1 Å². The van der Waals surface area contributed by atoms with E-state index >= 15 is 0 Å². The van der Waals surface area contributed by atoms with Crippen LogP contribution in [0, 0.1) is 0 Å². The first-order valence-electron chi connectivity index (χ1n) is 8.09. The summed E-state index contributed by atoms with van der Waals surface area (Å²) >= 11 is 0. The summed E-state index contributed by atoms with van der Waals surface area (Å²) in [5, 5.41) is 2.68. The van der Waals surface area contributed by atoms with Gasteiger partial charge in [-0.2, -0.15) is 0 Å². The number of para-hydroxylation sites is 1. The number of ether oxygens (including phenoxy) is 1.